The number of hydrogen-bond acceptors (Lipinski definition) is 6. The fraction of sp³-hybridized carbons (Fsp3) is 0.167. The molecule has 0 unspecified atom stereocenters. The molecule has 1 atom stereocenters. The van der Waals surface area contributed by atoms with Crippen LogP contribution in [0.25, 0.3) is 0 Å². The Morgan fingerprint density at radius 1 is 1.06 bits per heavy atom. The minimum absolute atomic E-state index is 0.0401. The number of nitro groups is 1. The topological polar surface area (TPSA) is 94.3 Å². The molecular formula is C24H21N3O5. The molecule has 8 nitrogen and oxygen atoms in total. The van der Waals surface area contributed by atoms with Gasteiger partial charge in [-0.15, -0.1) is 0 Å². The van der Waals surface area contributed by atoms with Crippen molar-refractivity contribution in [3.63, 3.8) is 0 Å². The lowest BCUT2D eigenvalue weighted by Gasteiger charge is -2.22. The average molecular weight is 431 g/mol. The second kappa shape index (κ2) is 9.30. The van der Waals surface area contributed by atoms with E-state index in [0.717, 1.165) is 16.8 Å². The second-order valence-electron chi connectivity index (χ2n) is 7.16. The van der Waals surface area contributed by atoms with Crippen LogP contribution in [0, 0.1) is 10.1 Å². The van der Waals surface area contributed by atoms with E-state index in [4.69, 9.17) is 9.47 Å². The van der Waals surface area contributed by atoms with Gasteiger partial charge >= 0.3 is 5.69 Å². The summed E-state index contributed by atoms with van der Waals surface area (Å²) in [6.07, 6.45) is 0.535. The van der Waals surface area contributed by atoms with Gasteiger partial charge in [-0.05, 0) is 29.3 Å². The van der Waals surface area contributed by atoms with Crippen molar-refractivity contribution >= 4 is 17.3 Å². The summed E-state index contributed by atoms with van der Waals surface area (Å²) >= 11 is 0. The van der Waals surface area contributed by atoms with E-state index in [2.05, 4.69) is 5.10 Å². The summed E-state index contributed by atoms with van der Waals surface area (Å²) in [4.78, 5) is 23.8. The number of ether oxygens (including phenoxy) is 2. The van der Waals surface area contributed by atoms with Gasteiger partial charge in [0.1, 0.15) is 5.75 Å². The second-order valence-corrected chi connectivity index (χ2v) is 7.16. The van der Waals surface area contributed by atoms with E-state index in [1.54, 1.807) is 19.2 Å². The summed E-state index contributed by atoms with van der Waals surface area (Å²) in [5.41, 5.74) is 2.42. The molecule has 0 aliphatic carbocycles. The molecule has 1 aliphatic rings. The third kappa shape index (κ3) is 4.44. The van der Waals surface area contributed by atoms with Crippen LogP contribution >= 0.6 is 0 Å². The number of hydrazone groups is 1. The van der Waals surface area contributed by atoms with Crippen molar-refractivity contribution in [2.45, 2.75) is 12.5 Å². The maximum atomic E-state index is 13.1. The monoisotopic (exact) mass is 431 g/mol. The molecular weight excluding hydrogens is 410 g/mol. The third-order valence-corrected chi connectivity index (χ3v) is 5.19. The first kappa shape index (κ1) is 21.0. The van der Waals surface area contributed by atoms with Gasteiger partial charge in [-0.1, -0.05) is 54.6 Å². The number of hydrogen-bond donors (Lipinski definition) is 0. The summed E-state index contributed by atoms with van der Waals surface area (Å²) in [5, 5.41) is 17.2. The Labute approximate surface area is 184 Å². The Kier molecular flexibility index (Phi) is 6.12. The normalized spacial score (nSPS) is 15.2. The molecule has 32 heavy (non-hydrogen) atoms. The zero-order valence-corrected chi connectivity index (χ0v) is 17.4. The van der Waals surface area contributed by atoms with E-state index >= 15 is 0 Å². The first-order chi connectivity index (χ1) is 15.6. The Morgan fingerprint density at radius 3 is 2.44 bits per heavy atom. The summed E-state index contributed by atoms with van der Waals surface area (Å²) in [7, 11) is 1.59. The molecule has 0 aromatic heterocycles. The van der Waals surface area contributed by atoms with E-state index in [1.165, 1.54) is 17.1 Å². The van der Waals surface area contributed by atoms with Crippen LogP contribution in [0.3, 0.4) is 0 Å². The van der Waals surface area contributed by atoms with Crippen LogP contribution in [-0.4, -0.2) is 35.3 Å². The number of benzene rings is 3. The molecule has 162 valence electrons. The molecule has 1 amide bonds. The highest BCUT2D eigenvalue weighted by molar-refractivity contribution is 6.03. The molecule has 0 saturated carbocycles. The molecule has 0 fully saturated rings. The van der Waals surface area contributed by atoms with Crippen molar-refractivity contribution < 1.29 is 19.2 Å². The molecule has 0 saturated heterocycles. The lowest BCUT2D eigenvalue weighted by Crippen LogP contribution is -2.31. The van der Waals surface area contributed by atoms with Crippen molar-refractivity contribution in [2.24, 2.45) is 5.10 Å². The van der Waals surface area contributed by atoms with Gasteiger partial charge in [-0.25, -0.2) is 5.01 Å². The smallest absolute Gasteiger partial charge is 0.310 e. The summed E-state index contributed by atoms with van der Waals surface area (Å²) in [6, 6.07) is 22.8. The standard InChI is InChI=1S/C24H21N3O5/c1-31-19-13-11-18(12-14-19)22-15-20(17-7-3-2-4-8-17)25-26(22)24(28)16-32-23-10-6-5-9-21(23)27(29)30/h2-14,22H,15-16H2,1H3/t22-/m1/s1. The molecule has 1 heterocycles. The van der Waals surface area contributed by atoms with Crippen molar-refractivity contribution in [1.82, 2.24) is 5.01 Å². The largest absolute Gasteiger partial charge is 0.497 e. The fourth-order valence-electron chi connectivity index (χ4n) is 3.57. The van der Waals surface area contributed by atoms with E-state index in [0.29, 0.717) is 12.2 Å². The van der Waals surface area contributed by atoms with Gasteiger partial charge in [0.15, 0.2) is 12.4 Å². The number of amides is 1. The van der Waals surface area contributed by atoms with Crippen LogP contribution < -0.4 is 9.47 Å². The quantitative estimate of drug-likeness (QED) is 0.409. The third-order valence-electron chi connectivity index (χ3n) is 5.19. The molecule has 0 bridgehead atoms. The number of rotatable bonds is 7. The predicted molar refractivity (Wildman–Crippen MR) is 119 cm³/mol. The van der Waals surface area contributed by atoms with Crippen molar-refractivity contribution in [3.05, 3.63) is 100 Å². The molecule has 1 aliphatic heterocycles. The van der Waals surface area contributed by atoms with E-state index in [1.807, 2.05) is 54.6 Å². The first-order valence-corrected chi connectivity index (χ1v) is 10.0. The average Bonchev–Trinajstić information content (AvgIpc) is 3.29. The highest BCUT2D eigenvalue weighted by atomic mass is 16.6. The summed E-state index contributed by atoms with van der Waals surface area (Å²) < 4.78 is 10.7. The maximum Gasteiger partial charge on any atom is 0.310 e. The number of para-hydroxylation sites is 2. The van der Waals surface area contributed by atoms with Gasteiger partial charge in [-0.3, -0.25) is 14.9 Å². The van der Waals surface area contributed by atoms with Crippen LogP contribution in [0.15, 0.2) is 84.0 Å². The van der Waals surface area contributed by atoms with Crippen LogP contribution in [0.1, 0.15) is 23.6 Å². The highest BCUT2D eigenvalue weighted by Crippen LogP contribution is 2.34. The van der Waals surface area contributed by atoms with Gasteiger partial charge in [-0.2, -0.15) is 5.10 Å². The SMILES string of the molecule is COc1ccc([C@H]2CC(c3ccccc3)=NN2C(=O)COc2ccccc2[N+](=O)[O-])cc1. The van der Waals surface area contributed by atoms with Gasteiger partial charge < -0.3 is 9.47 Å². The molecule has 0 radical (unpaired) electrons. The van der Waals surface area contributed by atoms with Crippen LogP contribution in [0.5, 0.6) is 11.5 Å². The first-order valence-electron chi connectivity index (χ1n) is 10.0. The van der Waals surface area contributed by atoms with E-state index in [-0.39, 0.29) is 24.1 Å². The predicted octanol–water partition coefficient (Wildman–Crippen LogP) is 4.36. The lowest BCUT2D eigenvalue weighted by molar-refractivity contribution is -0.385. The minimum atomic E-state index is -0.540. The van der Waals surface area contributed by atoms with Crippen LogP contribution in [-0.2, 0) is 4.79 Å². The van der Waals surface area contributed by atoms with Crippen LogP contribution in [0.4, 0.5) is 5.69 Å². The Bertz CT molecular complexity index is 1150. The molecule has 8 heteroatoms. The highest BCUT2D eigenvalue weighted by Gasteiger charge is 2.33. The van der Waals surface area contributed by atoms with E-state index < -0.39 is 10.8 Å². The van der Waals surface area contributed by atoms with Gasteiger partial charge in [0.25, 0.3) is 5.91 Å². The number of nitro benzene ring substituents is 1. The van der Waals surface area contributed by atoms with Crippen LogP contribution in [0.2, 0.25) is 0 Å². The number of carbonyl (C=O) groups is 1. The minimum Gasteiger partial charge on any atom is -0.497 e. The van der Waals surface area contributed by atoms with Crippen molar-refractivity contribution in [2.75, 3.05) is 13.7 Å². The van der Waals surface area contributed by atoms with Crippen molar-refractivity contribution in [1.29, 1.82) is 0 Å². The summed E-state index contributed by atoms with van der Waals surface area (Å²) in [6.45, 7) is -0.372. The number of carbonyl (C=O) groups excluding carboxylic acids is 1. The van der Waals surface area contributed by atoms with Gasteiger partial charge in [0.2, 0.25) is 0 Å². The molecule has 0 spiro atoms. The van der Waals surface area contributed by atoms with Gasteiger partial charge in [0.05, 0.1) is 23.8 Å². The lowest BCUT2D eigenvalue weighted by atomic mass is 9.98. The fourth-order valence-corrected chi connectivity index (χ4v) is 3.57. The Balaban J connectivity index is 1.58. The molecule has 0 N–H and O–H groups in total. The zero-order valence-electron chi connectivity index (χ0n) is 17.4. The maximum absolute atomic E-state index is 13.1. The van der Waals surface area contributed by atoms with Gasteiger partial charge in [0, 0.05) is 12.5 Å². The number of methoxy groups -OCH3 is 1. The Hall–Kier alpha value is -4.20. The molecule has 3 aromatic rings. The molecule has 3 aromatic carbocycles. The zero-order chi connectivity index (χ0) is 22.5. The Morgan fingerprint density at radius 2 is 1.75 bits per heavy atom. The molecule has 4 rings (SSSR count). The van der Waals surface area contributed by atoms with E-state index in [9.17, 15) is 14.9 Å². The summed E-state index contributed by atoms with van der Waals surface area (Å²) in [5.74, 6) is 0.363. The van der Waals surface area contributed by atoms with Crippen molar-refractivity contribution in [3.8, 4) is 11.5 Å². The number of nitrogens with zero attached hydrogens (tertiary/aromatic N) is 3.